The number of carbonyl (C=O) groups excluding carboxylic acids is 1. The standard InChI is InChI=1S/C13H20N2O2/c1-9(2)14-12-6-4-5-11(7-12)13(17)15-10(3)8-16/h4-7,9-10,14,16H,8H2,1-3H3,(H,15,17). The molecular weight excluding hydrogens is 216 g/mol. The Morgan fingerprint density at radius 3 is 2.65 bits per heavy atom. The Bertz CT molecular complexity index is 377. The molecule has 4 nitrogen and oxygen atoms in total. The maximum Gasteiger partial charge on any atom is 0.251 e. The fraction of sp³-hybridized carbons (Fsp3) is 0.462. The zero-order chi connectivity index (χ0) is 12.8. The van der Waals surface area contributed by atoms with Crippen LogP contribution < -0.4 is 10.6 Å². The van der Waals surface area contributed by atoms with Gasteiger partial charge in [0, 0.05) is 23.3 Å². The zero-order valence-corrected chi connectivity index (χ0v) is 10.5. The minimum absolute atomic E-state index is 0.0598. The number of hydrogen-bond donors (Lipinski definition) is 3. The molecule has 0 bridgehead atoms. The van der Waals surface area contributed by atoms with E-state index in [4.69, 9.17) is 5.11 Å². The van der Waals surface area contributed by atoms with Crippen LogP contribution in [-0.2, 0) is 0 Å². The molecule has 1 amide bonds. The van der Waals surface area contributed by atoms with Crippen LogP contribution in [-0.4, -0.2) is 29.7 Å². The minimum atomic E-state index is -0.232. The van der Waals surface area contributed by atoms with E-state index in [-0.39, 0.29) is 18.6 Å². The lowest BCUT2D eigenvalue weighted by atomic mass is 10.1. The number of aliphatic hydroxyl groups excluding tert-OH is 1. The number of benzene rings is 1. The molecule has 0 aliphatic carbocycles. The van der Waals surface area contributed by atoms with Crippen molar-refractivity contribution in [2.45, 2.75) is 32.9 Å². The lowest BCUT2D eigenvalue weighted by molar-refractivity contribution is 0.0922. The predicted octanol–water partition coefficient (Wildman–Crippen LogP) is 1.62. The topological polar surface area (TPSA) is 61.4 Å². The number of amides is 1. The van der Waals surface area contributed by atoms with Gasteiger partial charge in [-0.15, -0.1) is 0 Å². The molecule has 0 saturated heterocycles. The summed E-state index contributed by atoms with van der Waals surface area (Å²) in [5.74, 6) is -0.168. The molecule has 0 saturated carbocycles. The normalized spacial score (nSPS) is 12.3. The van der Waals surface area contributed by atoms with Gasteiger partial charge in [0.1, 0.15) is 0 Å². The van der Waals surface area contributed by atoms with Crippen molar-refractivity contribution in [3.63, 3.8) is 0 Å². The summed E-state index contributed by atoms with van der Waals surface area (Å²) in [5.41, 5.74) is 1.51. The number of anilines is 1. The average Bonchev–Trinajstić information content (AvgIpc) is 2.28. The van der Waals surface area contributed by atoms with Gasteiger partial charge in [-0.1, -0.05) is 6.07 Å². The van der Waals surface area contributed by atoms with Crippen LogP contribution in [0.15, 0.2) is 24.3 Å². The van der Waals surface area contributed by atoms with Crippen molar-refractivity contribution < 1.29 is 9.90 Å². The third kappa shape index (κ3) is 4.44. The van der Waals surface area contributed by atoms with Crippen molar-refractivity contribution in [1.82, 2.24) is 5.32 Å². The Hall–Kier alpha value is -1.55. The molecule has 1 unspecified atom stereocenters. The van der Waals surface area contributed by atoms with Crippen LogP contribution in [0, 0.1) is 0 Å². The van der Waals surface area contributed by atoms with E-state index in [1.54, 1.807) is 19.1 Å². The summed E-state index contributed by atoms with van der Waals surface area (Å²) in [7, 11) is 0. The van der Waals surface area contributed by atoms with E-state index >= 15 is 0 Å². The van der Waals surface area contributed by atoms with Gasteiger partial charge in [0.25, 0.3) is 5.91 Å². The lowest BCUT2D eigenvalue weighted by Gasteiger charge is -2.13. The van der Waals surface area contributed by atoms with Crippen molar-refractivity contribution in [1.29, 1.82) is 0 Å². The Labute approximate surface area is 102 Å². The first-order valence-electron chi connectivity index (χ1n) is 5.81. The van der Waals surface area contributed by atoms with Gasteiger partial charge in [0.15, 0.2) is 0 Å². The maximum absolute atomic E-state index is 11.8. The molecule has 1 rings (SSSR count). The smallest absolute Gasteiger partial charge is 0.251 e. The van der Waals surface area contributed by atoms with Crippen LogP contribution >= 0.6 is 0 Å². The summed E-state index contributed by atoms with van der Waals surface area (Å²) >= 11 is 0. The van der Waals surface area contributed by atoms with Gasteiger partial charge in [-0.3, -0.25) is 4.79 Å². The molecule has 94 valence electrons. The summed E-state index contributed by atoms with van der Waals surface area (Å²) in [6, 6.07) is 7.41. The van der Waals surface area contributed by atoms with Gasteiger partial charge in [0.05, 0.1) is 6.61 Å². The molecule has 0 aromatic heterocycles. The highest BCUT2D eigenvalue weighted by molar-refractivity contribution is 5.95. The molecule has 0 aliphatic heterocycles. The molecule has 0 spiro atoms. The monoisotopic (exact) mass is 236 g/mol. The first kappa shape index (κ1) is 13.5. The number of hydrogen-bond acceptors (Lipinski definition) is 3. The van der Waals surface area contributed by atoms with Gasteiger partial charge in [-0.05, 0) is 39.0 Å². The number of rotatable bonds is 5. The van der Waals surface area contributed by atoms with Gasteiger partial charge in [0.2, 0.25) is 0 Å². The minimum Gasteiger partial charge on any atom is -0.394 e. The third-order valence-electron chi connectivity index (χ3n) is 2.23. The van der Waals surface area contributed by atoms with Crippen molar-refractivity contribution in [3.8, 4) is 0 Å². The largest absolute Gasteiger partial charge is 0.394 e. The Balaban J connectivity index is 2.73. The lowest BCUT2D eigenvalue weighted by Crippen LogP contribution is -2.35. The van der Waals surface area contributed by atoms with E-state index in [0.29, 0.717) is 11.6 Å². The Morgan fingerprint density at radius 1 is 1.35 bits per heavy atom. The number of nitrogens with one attached hydrogen (secondary N) is 2. The summed E-state index contributed by atoms with van der Waals surface area (Å²) in [5, 5.41) is 14.8. The van der Waals surface area contributed by atoms with E-state index < -0.39 is 0 Å². The predicted molar refractivity (Wildman–Crippen MR) is 69.2 cm³/mol. The molecule has 1 aromatic rings. The second kappa shape index (κ2) is 6.25. The van der Waals surface area contributed by atoms with Crippen LogP contribution in [0.3, 0.4) is 0 Å². The second-order valence-corrected chi connectivity index (χ2v) is 4.44. The molecule has 1 atom stereocenters. The van der Waals surface area contributed by atoms with E-state index in [9.17, 15) is 4.79 Å². The second-order valence-electron chi connectivity index (χ2n) is 4.44. The summed E-state index contributed by atoms with van der Waals surface area (Å²) in [6.07, 6.45) is 0. The van der Waals surface area contributed by atoms with Gasteiger partial charge >= 0.3 is 0 Å². The fourth-order valence-electron chi connectivity index (χ4n) is 1.44. The number of aliphatic hydroxyl groups is 1. The van der Waals surface area contributed by atoms with E-state index in [1.807, 2.05) is 26.0 Å². The maximum atomic E-state index is 11.8. The Morgan fingerprint density at radius 2 is 2.06 bits per heavy atom. The fourth-order valence-corrected chi connectivity index (χ4v) is 1.44. The van der Waals surface area contributed by atoms with E-state index in [1.165, 1.54) is 0 Å². The average molecular weight is 236 g/mol. The number of carbonyl (C=O) groups is 1. The van der Waals surface area contributed by atoms with Gasteiger partial charge in [-0.25, -0.2) is 0 Å². The summed E-state index contributed by atoms with van der Waals surface area (Å²) < 4.78 is 0. The van der Waals surface area contributed by atoms with Crippen molar-refractivity contribution in [2.75, 3.05) is 11.9 Å². The first-order valence-corrected chi connectivity index (χ1v) is 5.81. The highest BCUT2D eigenvalue weighted by atomic mass is 16.3. The molecule has 0 aliphatic rings. The molecule has 0 heterocycles. The van der Waals surface area contributed by atoms with E-state index in [0.717, 1.165) is 5.69 Å². The van der Waals surface area contributed by atoms with Crippen LogP contribution in [0.1, 0.15) is 31.1 Å². The summed E-state index contributed by atoms with van der Waals surface area (Å²) in [6.45, 7) is 5.78. The highest BCUT2D eigenvalue weighted by Crippen LogP contribution is 2.11. The zero-order valence-electron chi connectivity index (χ0n) is 10.5. The van der Waals surface area contributed by atoms with Crippen LogP contribution in [0.2, 0.25) is 0 Å². The van der Waals surface area contributed by atoms with Crippen molar-refractivity contribution in [2.24, 2.45) is 0 Å². The third-order valence-corrected chi connectivity index (χ3v) is 2.23. The molecule has 4 heteroatoms. The molecule has 0 radical (unpaired) electrons. The SMILES string of the molecule is CC(C)Nc1cccc(C(=O)NC(C)CO)c1. The molecular formula is C13H20N2O2. The van der Waals surface area contributed by atoms with Crippen molar-refractivity contribution >= 4 is 11.6 Å². The first-order chi connectivity index (χ1) is 8.02. The Kier molecular flexibility index (Phi) is 4.97. The highest BCUT2D eigenvalue weighted by Gasteiger charge is 2.09. The van der Waals surface area contributed by atoms with E-state index in [2.05, 4.69) is 10.6 Å². The summed E-state index contributed by atoms with van der Waals surface area (Å²) in [4.78, 5) is 11.8. The van der Waals surface area contributed by atoms with Crippen LogP contribution in [0.4, 0.5) is 5.69 Å². The molecule has 3 N–H and O–H groups in total. The van der Waals surface area contributed by atoms with Crippen molar-refractivity contribution in [3.05, 3.63) is 29.8 Å². The van der Waals surface area contributed by atoms with Crippen LogP contribution in [0.25, 0.3) is 0 Å². The molecule has 0 fully saturated rings. The molecule has 1 aromatic carbocycles. The van der Waals surface area contributed by atoms with Gasteiger partial charge in [-0.2, -0.15) is 0 Å². The van der Waals surface area contributed by atoms with Crippen LogP contribution in [0.5, 0.6) is 0 Å². The van der Waals surface area contributed by atoms with Gasteiger partial charge < -0.3 is 15.7 Å². The quantitative estimate of drug-likeness (QED) is 0.728. The molecule has 17 heavy (non-hydrogen) atoms.